The highest BCUT2D eigenvalue weighted by atomic mass is 35.5. The summed E-state index contributed by atoms with van der Waals surface area (Å²) in [5.41, 5.74) is 8.08. The molecule has 0 spiro atoms. The van der Waals surface area contributed by atoms with E-state index in [2.05, 4.69) is 32.7 Å². The van der Waals surface area contributed by atoms with Crippen LogP contribution in [-0.4, -0.2) is 16.2 Å². The molecule has 0 aliphatic rings. The Morgan fingerprint density at radius 3 is 2.39 bits per heavy atom. The Morgan fingerprint density at radius 1 is 0.903 bits per heavy atom. The molecule has 3 aromatic carbocycles. The molecule has 6 heteroatoms. The fourth-order valence-electron chi connectivity index (χ4n) is 2.96. The van der Waals surface area contributed by atoms with E-state index in [9.17, 15) is 0 Å². The van der Waals surface area contributed by atoms with E-state index >= 15 is 0 Å². The van der Waals surface area contributed by atoms with Gasteiger partial charge in [-0.05, 0) is 30.2 Å². The van der Waals surface area contributed by atoms with Gasteiger partial charge in [-0.1, -0.05) is 83.9 Å². The number of nitrogens with zero attached hydrogens (tertiary/aromatic N) is 3. The zero-order chi connectivity index (χ0) is 21.5. The molecule has 0 fully saturated rings. The topological polar surface area (TPSA) is 62.2 Å². The van der Waals surface area contributed by atoms with E-state index in [-0.39, 0.29) is 0 Å². The van der Waals surface area contributed by atoms with E-state index in [4.69, 9.17) is 11.6 Å². The molecule has 1 aromatic heterocycles. The average molecular weight is 428 g/mol. The normalized spacial score (nSPS) is 10.9. The number of rotatable bonds is 7. The van der Waals surface area contributed by atoms with Crippen molar-refractivity contribution in [2.75, 3.05) is 10.7 Å². The minimum absolute atomic E-state index is 0.420. The molecule has 0 amide bonds. The van der Waals surface area contributed by atoms with Crippen LogP contribution in [0.5, 0.6) is 0 Å². The number of halogens is 1. The first-order valence-electron chi connectivity index (χ1n) is 9.94. The van der Waals surface area contributed by atoms with Crippen molar-refractivity contribution in [2.45, 2.75) is 13.5 Å². The predicted molar refractivity (Wildman–Crippen MR) is 129 cm³/mol. The molecule has 0 atom stereocenters. The molecule has 5 nitrogen and oxygen atoms in total. The summed E-state index contributed by atoms with van der Waals surface area (Å²) in [6.45, 7) is 2.68. The van der Waals surface area contributed by atoms with Crippen LogP contribution in [0.3, 0.4) is 0 Å². The molecule has 0 aliphatic heterocycles. The van der Waals surface area contributed by atoms with Crippen molar-refractivity contribution >= 4 is 29.6 Å². The third-order valence-corrected chi connectivity index (χ3v) is 4.89. The highest BCUT2D eigenvalue weighted by Gasteiger charge is 2.07. The number of aryl methyl sites for hydroxylation is 1. The van der Waals surface area contributed by atoms with E-state index < -0.39 is 0 Å². The second-order valence-corrected chi connectivity index (χ2v) is 7.53. The number of nitrogens with one attached hydrogen (secondary N) is 2. The van der Waals surface area contributed by atoms with E-state index in [0.29, 0.717) is 18.3 Å². The summed E-state index contributed by atoms with van der Waals surface area (Å²) in [5.74, 6) is 1.13. The van der Waals surface area contributed by atoms with Crippen LogP contribution in [0, 0.1) is 6.92 Å². The summed E-state index contributed by atoms with van der Waals surface area (Å²) in [4.78, 5) is 9.19. The van der Waals surface area contributed by atoms with Gasteiger partial charge in [0.15, 0.2) is 0 Å². The van der Waals surface area contributed by atoms with Gasteiger partial charge >= 0.3 is 0 Å². The molecule has 4 rings (SSSR count). The Labute approximate surface area is 186 Å². The third-order valence-electron chi connectivity index (χ3n) is 4.64. The van der Waals surface area contributed by atoms with Gasteiger partial charge < -0.3 is 5.32 Å². The number of hydrazone groups is 1. The van der Waals surface area contributed by atoms with Crippen molar-refractivity contribution < 1.29 is 0 Å². The van der Waals surface area contributed by atoms with Crippen LogP contribution in [0.15, 0.2) is 90.0 Å². The van der Waals surface area contributed by atoms with Crippen molar-refractivity contribution in [3.8, 4) is 11.3 Å². The van der Waals surface area contributed by atoms with Crippen molar-refractivity contribution in [1.82, 2.24) is 9.97 Å². The van der Waals surface area contributed by atoms with Crippen LogP contribution in [0.1, 0.15) is 16.7 Å². The molecule has 0 aliphatic carbocycles. The molecular weight excluding hydrogens is 406 g/mol. The van der Waals surface area contributed by atoms with E-state index in [1.54, 1.807) is 6.21 Å². The fraction of sp³-hybridized carbons (Fsp3) is 0.0800. The summed E-state index contributed by atoms with van der Waals surface area (Å²) in [6.07, 6.45) is 1.75. The van der Waals surface area contributed by atoms with Gasteiger partial charge in [-0.25, -0.2) is 10.4 Å². The van der Waals surface area contributed by atoms with Crippen LogP contribution in [0.4, 0.5) is 11.8 Å². The molecule has 154 valence electrons. The lowest BCUT2D eigenvalue weighted by atomic mass is 10.1. The Bertz CT molecular complexity index is 1160. The average Bonchev–Trinajstić information content (AvgIpc) is 2.80. The summed E-state index contributed by atoms with van der Waals surface area (Å²) in [7, 11) is 0. The quantitative estimate of drug-likeness (QED) is 0.273. The molecule has 0 unspecified atom stereocenters. The summed E-state index contributed by atoms with van der Waals surface area (Å²) < 4.78 is 0. The van der Waals surface area contributed by atoms with Gasteiger partial charge in [0.05, 0.1) is 11.9 Å². The number of hydrogen-bond donors (Lipinski definition) is 2. The van der Waals surface area contributed by atoms with E-state index in [1.165, 1.54) is 5.56 Å². The van der Waals surface area contributed by atoms with Crippen molar-refractivity contribution in [3.63, 3.8) is 0 Å². The largest absolute Gasteiger partial charge is 0.366 e. The predicted octanol–water partition coefficient (Wildman–Crippen LogP) is 6.16. The maximum absolute atomic E-state index is 5.98. The van der Waals surface area contributed by atoms with Gasteiger partial charge in [0.1, 0.15) is 5.82 Å². The summed E-state index contributed by atoms with van der Waals surface area (Å²) in [6, 6.07) is 27.8. The van der Waals surface area contributed by atoms with Gasteiger partial charge in [-0.2, -0.15) is 10.1 Å². The first kappa shape index (κ1) is 20.6. The van der Waals surface area contributed by atoms with Gasteiger partial charge in [-0.15, -0.1) is 0 Å². The van der Waals surface area contributed by atoms with Gasteiger partial charge in [0.2, 0.25) is 5.95 Å². The van der Waals surface area contributed by atoms with Crippen LogP contribution in [-0.2, 0) is 6.54 Å². The third kappa shape index (κ3) is 5.90. The number of benzene rings is 3. The Morgan fingerprint density at radius 2 is 1.65 bits per heavy atom. The SMILES string of the molecule is Cc1ccc(/C=N/Nc2nc(NCc3ccc(Cl)cc3)cc(-c3ccccc3)n2)cc1. The second-order valence-electron chi connectivity index (χ2n) is 7.09. The van der Waals surface area contributed by atoms with Gasteiger partial charge in [0.25, 0.3) is 0 Å². The molecule has 31 heavy (non-hydrogen) atoms. The summed E-state index contributed by atoms with van der Waals surface area (Å²) >= 11 is 5.98. The second kappa shape index (κ2) is 9.87. The first-order valence-corrected chi connectivity index (χ1v) is 10.3. The Kier molecular flexibility index (Phi) is 6.55. The smallest absolute Gasteiger partial charge is 0.246 e. The van der Waals surface area contributed by atoms with Crippen molar-refractivity contribution in [1.29, 1.82) is 0 Å². The maximum atomic E-state index is 5.98. The molecule has 2 N–H and O–H groups in total. The van der Waals surface area contributed by atoms with Crippen molar-refractivity contribution in [2.24, 2.45) is 5.10 Å². The number of aromatic nitrogens is 2. The lowest BCUT2D eigenvalue weighted by molar-refractivity contribution is 1.07. The lowest BCUT2D eigenvalue weighted by Crippen LogP contribution is -2.05. The first-order chi connectivity index (χ1) is 15.2. The fourth-order valence-corrected chi connectivity index (χ4v) is 3.08. The molecule has 0 saturated heterocycles. The van der Waals surface area contributed by atoms with E-state index in [0.717, 1.165) is 27.4 Å². The maximum Gasteiger partial charge on any atom is 0.246 e. The van der Waals surface area contributed by atoms with Gasteiger partial charge in [-0.3, -0.25) is 0 Å². The summed E-state index contributed by atoms with van der Waals surface area (Å²) in [5, 5.41) is 8.38. The zero-order valence-corrected chi connectivity index (χ0v) is 17.8. The van der Waals surface area contributed by atoms with E-state index in [1.807, 2.05) is 84.9 Å². The van der Waals surface area contributed by atoms with Gasteiger partial charge in [0, 0.05) is 23.2 Å². The number of hydrogen-bond acceptors (Lipinski definition) is 5. The minimum Gasteiger partial charge on any atom is -0.366 e. The number of anilines is 2. The Hall–Kier alpha value is -3.70. The van der Waals surface area contributed by atoms with Crippen LogP contribution in [0.2, 0.25) is 5.02 Å². The highest BCUT2D eigenvalue weighted by molar-refractivity contribution is 6.30. The molecule has 4 aromatic rings. The lowest BCUT2D eigenvalue weighted by Gasteiger charge is -2.10. The van der Waals surface area contributed by atoms with Crippen LogP contribution in [0.25, 0.3) is 11.3 Å². The minimum atomic E-state index is 0.420. The van der Waals surface area contributed by atoms with Crippen LogP contribution >= 0.6 is 11.6 Å². The Balaban J connectivity index is 1.55. The monoisotopic (exact) mass is 427 g/mol. The zero-order valence-electron chi connectivity index (χ0n) is 17.1. The molecular formula is C25H22ClN5. The van der Waals surface area contributed by atoms with Crippen LogP contribution < -0.4 is 10.7 Å². The molecule has 0 saturated carbocycles. The highest BCUT2D eigenvalue weighted by Crippen LogP contribution is 2.22. The molecule has 1 heterocycles. The van der Waals surface area contributed by atoms with Crippen molar-refractivity contribution in [3.05, 3.63) is 107 Å². The molecule has 0 bridgehead atoms. The standard InChI is InChI=1S/C25H22ClN5/c1-18-7-9-20(10-8-18)17-28-31-25-29-23(21-5-3-2-4-6-21)15-24(30-25)27-16-19-11-13-22(26)14-12-19/h2-15,17H,16H2,1H3,(H2,27,29,30,31)/b28-17+. The molecule has 0 radical (unpaired) electrons.